The number of nitrogens with zero attached hydrogens (tertiary/aromatic N) is 4. The van der Waals surface area contributed by atoms with Crippen LogP contribution in [0.3, 0.4) is 0 Å². The molecule has 0 aliphatic carbocycles. The minimum atomic E-state index is 0.659. The zero-order valence-electron chi connectivity index (χ0n) is 12.8. The van der Waals surface area contributed by atoms with Gasteiger partial charge in [-0.25, -0.2) is 9.97 Å². The molecule has 3 heterocycles. The van der Waals surface area contributed by atoms with Crippen molar-refractivity contribution in [2.24, 2.45) is 0 Å². The molecule has 0 radical (unpaired) electrons. The topological polar surface area (TPSA) is 44.3 Å². The molecule has 2 bridgehead atoms. The number of rotatable bonds is 4. The van der Waals surface area contributed by atoms with Crippen LogP contribution in [-0.4, -0.2) is 53.6 Å². The van der Waals surface area contributed by atoms with E-state index >= 15 is 0 Å². The summed E-state index contributed by atoms with van der Waals surface area (Å²) in [5.74, 6) is 1.94. The van der Waals surface area contributed by atoms with Gasteiger partial charge >= 0.3 is 0 Å². The van der Waals surface area contributed by atoms with E-state index in [0.717, 1.165) is 48.2 Å². The Balaban J connectivity index is 1.80. The van der Waals surface area contributed by atoms with Crippen molar-refractivity contribution in [3.05, 3.63) is 10.8 Å². The van der Waals surface area contributed by atoms with Gasteiger partial charge in [-0.2, -0.15) is 0 Å². The fraction of sp³-hybridized carbons (Fsp3) is 0.733. The van der Waals surface area contributed by atoms with Gasteiger partial charge in [0.15, 0.2) is 0 Å². The third-order valence-corrected chi connectivity index (χ3v) is 5.49. The van der Waals surface area contributed by atoms with Crippen molar-refractivity contribution >= 4 is 27.6 Å². The number of halogens is 1. The minimum Gasteiger partial charge on any atom is -0.369 e. The number of nitrogens with one attached hydrogen (secondary N) is 1. The van der Waals surface area contributed by atoms with E-state index in [-0.39, 0.29) is 0 Å². The molecule has 0 amide bonds. The highest BCUT2D eigenvalue weighted by molar-refractivity contribution is 9.10. The molecule has 3 rings (SSSR count). The molecule has 1 N–H and O–H groups in total. The summed E-state index contributed by atoms with van der Waals surface area (Å²) in [6.45, 7) is 5.23. The molecular formula is C15H24BrN5. The van der Waals surface area contributed by atoms with Gasteiger partial charge in [-0.15, -0.1) is 0 Å². The molecule has 6 heteroatoms. The standard InChI is InChI=1S/C15H24BrN5/c1-3-7-17-14-13(16)15(19-10-18-14)21-8-6-11-4-5-12(9-21)20(11)2/h10-12H,3-9H2,1-2H3,(H,17,18,19). The average molecular weight is 354 g/mol. The zero-order valence-corrected chi connectivity index (χ0v) is 14.4. The number of aromatic nitrogens is 2. The molecule has 5 nitrogen and oxygen atoms in total. The fourth-order valence-electron chi connectivity index (χ4n) is 3.45. The predicted molar refractivity (Wildman–Crippen MR) is 89.9 cm³/mol. The number of hydrogen-bond acceptors (Lipinski definition) is 5. The molecule has 2 fully saturated rings. The van der Waals surface area contributed by atoms with Gasteiger partial charge in [0.25, 0.3) is 0 Å². The molecule has 2 unspecified atom stereocenters. The molecule has 2 saturated heterocycles. The Morgan fingerprint density at radius 2 is 2.10 bits per heavy atom. The Labute approximate surface area is 135 Å². The van der Waals surface area contributed by atoms with Crippen molar-refractivity contribution in [3.8, 4) is 0 Å². The highest BCUT2D eigenvalue weighted by Gasteiger charge is 2.35. The molecule has 0 saturated carbocycles. The zero-order chi connectivity index (χ0) is 14.8. The van der Waals surface area contributed by atoms with Gasteiger partial charge in [-0.3, -0.25) is 4.90 Å². The summed E-state index contributed by atoms with van der Waals surface area (Å²) in [4.78, 5) is 13.9. The van der Waals surface area contributed by atoms with E-state index in [1.54, 1.807) is 6.33 Å². The SMILES string of the molecule is CCCNc1ncnc(N2CCC3CCC(C2)N3C)c1Br. The predicted octanol–water partition coefficient (Wildman–Crippen LogP) is 2.73. The van der Waals surface area contributed by atoms with Gasteiger partial charge in [-0.05, 0) is 48.7 Å². The Morgan fingerprint density at radius 3 is 2.90 bits per heavy atom. The maximum Gasteiger partial charge on any atom is 0.148 e. The molecule has 2 aliphatic heterocycles. The number of anilines is 2. The largest absolute Gasteiger partial charge is 0.369 e. The Hall–Kier alpha value is -0.880. The van der Waals surface area contributed by atoms with Crippen LogP contribution in [0.25, 0.3) is 0 Å². The maximum absolute atomic E-state index is 4.53. The Morgan fingerprint density at radius 1 is 1.29 bits per heavy atom. The summed E-state index contributed by atoms with van der Waals surface area (Å²) < 4.78 is 0.999. The normalized spacial score (nSPS) is 26.0. The van der Waals surface area contributed by atoms with Crippen molar-refractivity contribution in [1.82, 2.24) is 14.9 Å². The number of likely N-dealkylation sites (N-methyl/N-ethyl adjacent to an activating group) is 1. The highest BCUT2D eigenvalue weighted by atomic mass is 79.9. The van der Waals surface area contributed by atoms with Crippen LogP contribution in [0.4, 0.5) is 11.6 Å². The first-order valence-electron chi connectivity index (χ1n) is 7.92. The Kier molecular flexibility index (Phi) is 4.64. The minimum absolute atomic E-state index is 0.659. The highest BCUT2D eigenvalue weighted by Crippen LogP contribution is 2.34. The average Bonchev–Trinajstić information content (AvgIpc) is 2.72. The van der Waals surface area contributed by atoms with Gasteiger partial charge < -0.3 is 10.2 Å². The molecule has 2 aliphatic rings. The Bertz CT molecular complexity index is 495. The summed E-state index contributed by atoms with van der Waals surface area (Å²) >= 11 is 3.70. The van der Waals surface area contributed by atoms with E-state index in [2.05, 4.69) is 55.0 Å². The lowest BCUT2D eigenvalue weighted by Gasteiger charge is -2.27. The number of fused-ring (bicyclic) bond motifs is 2. The molecule has 1 aromatic rings. The van der Waals surface area contributed by atoms with Gasteiger partial charge in [0.05, 0.1) is 0 Å². The number of hydrogen-bond donors (Lipinski definition) is 1. The van der Waals surface area contributed by atoms with Crippen LogP contribution >= 0.6 is 15.9 Å². The van der Waals surface area contributed by atoms with E-state index < -0.39 is 0 Å². The molecular weight excluding hydrogens is 330 g/mol. The fourth-order valence-corrected chi connectivity index (χ4v) is 4.04. The van der Waals surface area contributed by atoms with Gasteiger partial charge in [0, 0.05) is 31.7 Å². The summed E-state index contributed by atoms with van der Waals surface area (Å²) in [5.41, 5.74) is 0. The van der Waals surface area contributed by atoms with Crippen molar-refractivity contribution in [1.29, 1.82) is 0 Å². The lowest BCUT2D eigenvalue weighted by atomic mass is 10.1. The van der Waals surface area contributed by atoms with Gasteiger partial charge in [0.1, 0.15) is 22.4 Å². The van der Waals surface area contributed by atoms with Crippen LogP contribution < -0.4 is 10.2 Å². The first-order chi connectivity index (χ1) is 10.2. The summed E-state index contributed by atoms with van der Waals surface area (Å²) in [6.07, 6.45) is 6.64. The first kappa shape index (κ1) is 15.0. The molecule has 0 spiro atoms. The summed E-state index contributed by atoms with van der Waals surface area (Å²) in [6, 6.07) is 1.41. The third-order valence-electron chi connectivity index (χ3n) is 4.76. The molecule has 21 heavy (non-hydrogen) atoms. The monoisotopic (exact) mass is 353 g/mol. The van der Waals surface area contributed by atoms with Crippen LogP contribution in [0.15, 0.2) is 10.8 Å². The lowest BCUT2D eigenvalue weighted by molar-refractivity contribution is 0.254. The molecule has 116 valence electrons. The lowest BCUT2D eigenvalue weighted by Crippen LogP contribution is -2.37. The first-order valence-corrected chi connectivity index (χ1v) is 8.71. The van der Waals surface area contributed by atoms with Crippen LogP contribution in [0, 0.1) is 0 Å². The van der Waals surface area contributed by atoms with E-state index in [0.29, 0.717) is 6.04 Å². The van der Waals surface area contributed by atoms with E-state index in [4.69, 9.17) is 0 Å². The van der Waals surface area contributed by atoms with E-state index in [1.807, 2.05) is 0 Å². The van der Waals surface area contributed by atoms with Crippen molar-refractivity contribution in [2.45, 2.75) is 44.7 Å². The second-order valence-electron chi connectivity index (χ2n) is 6.07. The molecule has 2 atom stereocenters. The van der Waals surface area contributed by atoms with Crippen molar-refractivity contribution in [3.63, 3.8) is 0 Å². The van der Waals surface area contributed by atoms with E-state index in [9.17, 15) is 0 Å². The second kappa shape index (κ2) is 6.48. The van der Waals surface area contributed by atoms with Crippen LogP contribution in [-0.2, 0) is 0 Å². The smallest absolute Gasteiger partial charge is 0.148 e. The van der Waals surface area contributed by atoms with Crippen molar-refractivity contribution in [2.75, 3.05) is 36.9 Å². The maximum atomic E-state index is 4.53. The van der Waals surface area contributed by atoms with Crippen LogP contribution in [0.5, 0.6) is 0 Å². The summed E-state index contributed by atoms with van der Waals surface area (Å²) in [5, 5.41) is 3.37. The summed E-state index contributed by atoms with van der Waals surface area (Å²) in [7, 11) is 2.27. The second-order valence-corrected chi connectivity index (χ2v) is 6.86. The molecule has 1 aromatic heterocycles. The van der Waals surface area contributed by atoms with Crippen LogP contribution in [0.2, 0.25) is 0 Å². The third kappa shape index (κ3) is 3.01. The van der Waals surface area contributed by atoms with Crippen molar-refractivity contribution < 1.29 is 0 Å². The van der Waals surface area contributed by atoms with Gasteiger partial charge in [0.2, 0.25) is 0 Å². The van der Waals surface area contributed by atoms with E-state index in [1.165, 1.54) is 19.3 Å². The van der Waals surface area contributed by atoms with Gasteiger partial charge in [-0.1, -0.05) is 6.92 Å². The molecule has 0 aromatic carbocycles. The van der Waals surface area contributed by atoms with Crippen LogP contribution in [0.1, 0.15) is 32.6 Å². The quantitative estimate of drug-likeness (QED) is 0.901.